The van der Waals surface area contributed by atoms with E-state index in [2.05, 4.69) is 9.88 Å². The molecule has 0 spiro atoms. The number of aromatic hydroxyl groups is 1. The number of rotatable bonds is 5. The third-order valence-electron chi connectivity index (χ3n) is 5.41. The van der Waals surface area contributed by atoms with Gasteiger partial charge in [-0.1, -0.05) is 23.7 Å². The highest BCUT2D eigenvalue weighted by molar-refractivity contribution is 6.32. The molecule has 3 atom stereocenters. The summed E-state index contributed by atoms with van der Waals surface area (Å²) in [7, 11) is 0. The number of fused-ring (bicyclic) bond motifs is 1. The molecule has 132 valence electrons. The van der Waals surface area contributed by atoms with Crippen molar-refractivity contribution in [1.82, 2.24) is 9.88 Å². The Labute approximate surface area is 153 Å². The minimum atomic E-state index is 0.226. The van der Waals surface area contributed by atoms with Crippen LogP contribution in [0.15, 0.2) is 42.6 Å². The second-order valence-corrected chi connectivity index (χ2v) is 7.59. The number of pyridine rings is 1. The van der Waals surface area contributed by atoms with E-state index in [-0.39, 0.29) is 11.9 Å². The van der Waals surface area contributed by atoms with Crippen LogP contribution in [0, 0.1) is 11.8 Å². The van der Waals surface area contributed by atoms with Crippen LogP contribution in [0.25, 0.3) is 0 Å². The Morgan fingerprint density at radius 3 is 2.56 bits per heavy atom. The Morgan fingerprint density at radius 2 is 1.88 bits per heavy atom. The van der Waals surface area contributed by atoms with Gasteiger partial charge < -0.3 is 14.7 Å². The van der Waals surface area contributed by atoms with Gasteiger partial charge in [-0.3, -0.25) is 4.98 Å². The van der Waals surface area contributed by atoms with E-state index < -0.39 is 0 Å². The number of likely N-dealkylation sites (tertiary alicyclic amines) is 1. The first-order valence-electron chi connectivity index (χ1n) is 8.95. The van der Waals surface area contributed by atoms with E-state index in [0.29, 0.717) is 5.02 Å². The van der Waals surface area contributed by atoms with E-state index in [0.717, 1.165) is 62.2 Å². The standard InChI is InChI=1S/C20H23ClN2O2/c21-19-3-1-2-4-20(19)25-18-9-14-12-23(13-15(14)10-18)8-7-16-5-6-17(24)11-22-16/h1-6,11,14-15,18,24H,7-10,12-13H2/t14-,15+,18?. The Hall–Kier alpha value is -1.78. The summed E-state index contributed by atoms with van der Waals surface area (Å²) in [4.78, 5) is 6.81. The number of aromatic nitrogens is 1. The Bertz CT molecular complexity index is 708. The highest BCUT2D eigenvalue weighted by atomic mass is 35.5. The van der Waals surface area contributed by atoms with Crippen LogP contribution in [0.3, 0.4) is 0 Å². The maximum Gasteiger partial charge on any atom is 0.138 e. The first-order chi connectivity index (χ1) is 12.2. The molecule has 2 fully saturated rings. The quantitative estimate of drug-likeness (QED) is 0.883. The van der Waals surface area contributed by atoms with Gasteiger partial charge in [-0.05, 0) is 48.9 Å². The van der Waals surface area contributed by atoms with Gasteiger partial charge >= 0.3 is 0 Å². The Kier molecular flexibility index (Phi) is 4.82. The smallest absolute Gasteiger partial charge is 0.138 e. The largest absolute Gasteiger partial charge is 0.506 e. The van der Waals surface area contributed by atoms with Crippen LogP contribution in [0.5, 0.6) is 11.5 Å². The molecule has 2 aromatic rings. The number of para-hydroxylation sites is 1. The van der Waals surface area contributed by atoms with Crippen molar-refractivity contribution in [2.45, 2.75) is 25.4 Å². The van der Waals surface area contributed by atoms with Gasteiger partial charge in [0.15, 0.2) is 0 Å². The van der Waals surface area contributed by atoms with Crippen molar-refractivity contribution in [2.24, 2.45) is 11.8 Å². The molecular formula is C20H23ClN2O2. The van der Waals surface area contributed by atoms with Crippen LogP contribution >= 0.6 is 11.6 Å². The molecule has 4 rings (SSSR count). The van der Waals surface area contributed by atoms with E-state index in [1.165, 1.54) is 6.20 Å². The molecule has 2 heterocycles. The van der Waals surface area contributed by atoms with E-state index in [1.807, 2.05) is 30.3 Å². The lowest BCUT2D eigenvalue weighted by atomic mass is 10.0. The molecule has 1 aliphatic heterocycles. The third-order valence-corrected chi connectivity index (χ3v) is 5.72. The molecule has 1 N–H and O–H groups in total. The summed E-state index contributed by atoms with van der Waals surface area (Å²) >= 11 is 6.20. The zero-order chi connectivity index (χ0) is 17.2. The van der Waals surface area contributed by atoms with E-state index in [9.17, 15) is 5.11 Å². The van der Waals surface area contributed by atoms with Crippen LogP contribution < -0.4 is 4.74 Å². The maximum atomic E-state index is 9.30. The van der Waals surface area contributed by atoms with E-state index in [1.54, 1.807) is 6.07 Å². The summed E-state index contributed by atoms with van der Waals surface area (Å²) in [5.41, 5.74) is 1.04. The monoisotopic (exact) mass is 358 g/mol. The molecule has 4 nitrogen and oxygen atoms in total. The van der Waals surface area contributed by atoms with Crippen molar-refractivity contribution in [1.29, 1.82) is 0 Å². The van der Waals surface area contributed by atoms with Crippen LogP contribution in [-0.4, -0.2) is 40.7 Å². The highest BCUT2D eigenvalue weighted by Crippen LogP contribution is 2.40. The number of ether oxygens (including phenoxy) is 1. The molecule has 1 saturated carbocycles. The average molecular weight is 359 g/mol. The second kappa shape index (κ2) is 7.22. The minimum absolute atomic E-state index is 0.226. The third kappa shape index (κ3) is 3.91. The van der Waals surface area contributed by atoms with Crippen LogP contribution in [0.4, 0.5) is 0 Å². The zero-order valence-corrected chi connectivity index (χ0v) is 14.9. The van der Waals surface area contributed by atoms with E-state index in [4.69, 9.17) is 16.3 Å². The van der Waals surface area contributed by atoms with Gasteiger partial charge in [0.2, 0.25) is 0 Å². The molecule has 1 unspecified atom stereocenters. The number of hydrogen-bond acceptors (Lipinski definition) is 4. The Morgan fingerprint density at radius 1 is 1.12 bits per heavy atom. The van der Waals surface area contributed by atoms with Crippen LogP contribution in [0.1, 0.15) is 18.5 Å². The molecule has 1 aromatic heterocycles. The fourth-order valence-electron chi connectivity index (χ4n) is 4.18. The molecule has 0 radical (unpaired) electrons. The summed E-state index contributed by atoms with van der Waals surface area (Å²) in [6.07, 6.45) is 4.97. The fourth-order valence-corrected chi connectivity index (χ4v) is 4.36. The van der Waals surface area contributed by atoms with Crippen LogP contribution in [0.2, 0.25) is 5.02 Å². The van der Waals surface area contributed by atoms with Gasteiger partial charge in [0.25, 0.3) is 0 Å². The molecule has 2 aliphatic rings. The van der Waals surface area contributed by atoms with E-state index >= 15 is 0 Å². The number of hydrogen-bond donors (Lipinski definition) is 1. The molecule has 1 saturated heterocycles. The van der Waals surface area contributed by atoms with Gasteiger partial charge in [0.1, 0.15) is 11.5 Å². The van der Waals surface area contributed by atoms with Gasteiger partial charge in [0.05, 0.1) is 17.3 Å². The highest BCUT2D eigenvalue weighted by Gasteiger charge is 2.41. The van der Waals surface area contributed by atoms with Gasteiger partial charge in [0, 0.05) is 31.7 Å². The average Bonchev–Trinajstić information content (AvgIpc) is 3.14. The van der Waals surface area contributed by atoms with Crippen LogP contribution in [-0.2, 0) is 6.42 Å². The molecule has 0 bridgehead atoms. The lowest BCUT2D eigenvalue weighted by molar-refractivity contribution is 0.186. The minimum Gasteiger partial charge on any atom is -0.506 e. The number of nitrogens with zero attached hydrogens (tertiary/aromatic N) is 2. The van der Waals surface area contributed by atoms with Crippen molar-refractivity contribution in [3.63, 3.8) is 0 Å². The van der Waals surface area contributed by atoms with Crippen molar-refractivity contribution in [3.05, 3.63) is 53.3 Å². The van der Waals surface area contributed by atoms with Gasteiger partial charge in [-0.25, -0.2) is 0 Å². The molecular weight excluding hydrogens is 336 g/mol. The van der Waals surface area contributed by atoms with Crippen molar-refractivity contribution in [2.75, 3.05) is 19.6 Å². The van der Waals surface area contributed by atoms with Gasteiger partial charge in [-0.2, -0.15) is 0 Å². The zero-order valence-electron chi connectivity index (χ0n) is 14.1. The summed E-state index contributed by atoms with van der Waals surface area (Å²) in [6.45, 7) is 3.32. The lowest BCUT2D eigenvalue weighted by Crippen LogP contribution is -2.26. The number of benzene rings is 1. The fraction of sp³-hybridized carbons (Fsp3) is 0.450. The first kappa shape index (κ1) is 16.7. The molecule has 1 aliphatic carbocycles. The summed E-state index contributed by atoms with van der Waals surface area (Å²) in [5, 5.41) is 10.00. The normalized spacial score (nSPS) is 25.9. The summed E-state index contributed by atoms with van der Waals surface area (Å²) < 4.78 is 6.13. The summed E-state index contributed by atoms with van der Waals surface area (Å²) in [5.74, 6) is 2.48. The Balaban J connectivity index is 1.26. The van der Waals surface area contributed by atoms with Crippen molar-refractivity contribution in [3.8, 4) is 11.5 Å². The number of halogens is 1. The predicted molar refractivity (Wildman–Crippen MR) is 98.1 cm³/mol. The van der Waals surface area contributed by atoms with Crippen molar-refractivity contribution >= 4 is 11.6 Å². The first-order valence-corrected chi connectivity index (χ1v) is 9.32. The lowest BCUT2D eigenvalue weighted by Gasteiger charge is -2.20. The maximum absolute atomic E-state index is 9.30. The topological polar surface area (TPSA) is 45.6 Å². The predicted octanol–water partition coefficient (Wildman–Crippen LogP) is 3.77. The van der Waals surface area contributed by atoms with Gasteiger partial charge in [-0.15, -0.1) is 0 Å². The van der Waals surface area contributed by atoms with Crippen molar-refractivity contribution < 1.29 is 9.84 Å². The summed E-state index contributed by atoms with van der Waals surface area (Å²) in [6, 6.07) is 11.3. The molecule has 25 heavy (non-hydrogen) atoms. The molecule has 1 aromatic carbocycles. The molecule has 5 heteroatoms. The molecule has 0 amide bonds. The SMILES string of the molecule is Oc1ccc(CCN2C[C@H]3CC(Oc4ccccc4Cl)C[C@H]3C2)nc1. The second-order valence-electron chi connectivity index (χ2n) is 7.18.